The molecule has 0 radical (unpaired) electrons. The highest BCUT2D eigenvalue weighted by molar-refractivity contribution is 7.89. The summed E-state index contributed by atoms with van der Waals surface area (Å²) in [4.78, 5) is 12.2. The molecule has 0 atom stereocenters. The summed E-state index contributed by atoms with van der Waals surface area (Å²) in [5, 5.41) is 2.67. The molecule has 2 aromatic rings. The smallest absolute Gasteiger partial charge is 0.248 e. The van der Waals surface area contributed by atoms with Crippen LogP contribution in [0.15, 0.2) is 53.4 Å². The Labute approximate surface area is 151 Å². The van der Waals surface area contributed by atoms with Crippen molar-refractivity contribution in [2.45, 2.75) is 4.90 Å². The van der Waals surface area contributed by atoms with Crippen molar-refractivity contribution in [1.29, 1.82) is 0 Å². The SMILES string of the molecule is CNS(=O)(=O)c1ccc(NC(=O)/C=C/c2ccc3c(c2)OCCO3)cc1. The molecule has 0 fully saturated rings. The average molecular weight is 374 g/mol. The van der Waals surface area contributed by atoms with E-state index in [4.69, 9.17) is 9.47 Å². The molecule has 136 valence electrons. The monoisotopic (exact) mass is 374 g/mol. The minimum Gasteiger partial charge on any atom is -0.486 e. The molecule has 2 aromatic carbocycles. The topological polar surface area (TPSA) is 93.7 Å². The highest BCUT2D eigenvalue weighted by Crippen LogP contribution is 2.31. The number of ether oxygens (including phenoxy) is 2. The van der Waals surface area contributed by atoms with E-state index in [0.717, 1.165) is 5.56 Å². The van der Waals surface area contributed by atoms with E-state index < -0.39 is 10.0 Å². The Balaban J connectivity index is 1.64. The van der Waals surface area contributed by atoms with Gasteiger partial charge in [-0.25, -0.2) is 13.1 Å². The number of nitrogens with one attached hydrogen (secondary N) is 2. The Kier molecular flexibility index (Phi) is 5.24. The summed E-state index contributed by atoms with van der Waals surface area (Å²) >= 11 is 0. The van der Waals surface area contributed by atoms with E-state index in [1.54, 1.807) is 18.2 Å². The lowest BCUT2D eigenvalue weighted by Gasteiger charge is -2.18. The predicted molar refractivity (Wildman–Crippen MR) is 97.8 cm³/mol. The van der Waals surface area contributed by atoms with Gasteiger partial charge in [0.05, 0.1) is 4.90 Å². The molecule has 1 aliphatic rings. The molecule has 0 saturated carbocycles. The second kappa shape index (κ2) is 7.59. The lowest BCUT2D eigenvalue weighted by molar-refractivity contribution is -0.111. The summed E-state index contributed by atoms with van der Waals surface area (Å²) < 4.78 is 36.5. The molecule has 1 amide bonds. The van der Waals surface area contributed by atoms with Crippen LogP contribution in [0, 0.1) is 0 Å². The number of benzene rings is 2. The van der Waals surface area contributed by atoms with Gasteiger partial charge >= 0.3 is 0 Å². The Morgan fingerprint density at radius 2 is 1.73 bits per heavy atom. The van der Waals surface area contributed by atoms with E-state index in [0.29, 0.717) is 30.4 Å². The zero-order valence-corrected chi connectivity index (χ0v) is 14.9. The van der Waals surface area contributed by atoms with Crippen LogP contribution in [0.5, 0.6) is 11.5 Å². The molecule has 0 bridgehead atoms. The molecular formula is C18H18N2O5S. The minimum absolute atomic E-state index is 0.129. The molecule has 1 heterocycles. The van der Waals surface area contributed by atoms with Crippen LogP contribution in [0.2, 0.25) is 0 Å². The first-order chi connectivity index (χ1) is 12.5. The van der Waals surface area contributed by atoms with Crippen molar-refractivity contribution in [2.24, 2.45) is 0 Å². The van der Waals surface area contributed by atoms with E-state index in [1.165, 1.54) is 37.4 Å². The van der Waals surface area contributed by atoms with E-state index >= 15 is 0 Å². The number of hydrogen-bond donors (Lipinski definition) is 2. The van der Waals surface area contributed by atoms with Gasteiger partial charge in [-0.1, -0.05) is 6.07 Å². The highest BCUT2D eigenvalue weighted by Gasteiger charge is 2.12. The van der Waals surface area contributed by atoms with Crippen LogP contribution in [0.25, 0.3) is 6.08 Å². The Morgan fingerprint density at radius 1 is 1.04 bits per heavy atom. The lowest BCUT2D eigenvalue weighted by Crippen LogP contribution is -2.18. The van der Waals surface area contributed by atoms with Crippen molar-refractivity contribution < 1.29 is 22.7 Å². The number of rotatable bonds is 5. The normalized spacial score (nSPS) is 13.6. The maximum atomic E-state index is 12.0. The number of sulfonamides is 1. The molecule has 0 aliphatic carbocycles. The summed E-state index contributed by atoms with van der Waals surface area (Å²) in [6.45, 7) is 1.03. The van der Waals surface area contributed by atoms with Crippen LogP contribution < -0.4 is 19.5 Å². The van der Waals surface area contributed by atoms with Gasteiger partial charge in [0.25, 0.3) is 0 Å². The molecular weight excluding hydrogens is 356 g/mol. The second-order valence-electron chi connectivity index (χ2n) is 5.46. The predicted octanol–water partition coefficient (Wildman–Crippen LogP) is 2.02. The van der Waals surface area contributed by atoms with E-state index in [1.807, 2.05) is 6.07 Å². The summed E-state index contributed by atoms with van der Waals surface area (Å²) in [5.41, 5.74) is 1.30. The van der Waals surface area contributed by atoms with Gasteiger partial charge in [-0.05, 0) is 55.1 Å². The van der Waals surface area contributed by atoms with Gasteiger partial charge in [0, 0.05) is 11.8 Å². The molecule has 1 aliphatic heterocycles. The Bertz CT molecular complexity index is 937. The van der Waals surface area contributed by atoms with E-state index in [9.17, 15) is 13.2 Å². The zero-order chi connectivity index (χ0) is 18.6. The first-order valence-corrected chi connectivity index (χ1v) is 9.38. The van der Waals surface area contributed by atoms with Gasteiger partial charge in [0.15, 0.2) is 11.5 Å². The number of carbonyl (C=O) groups is 1. The minimum atomic E-state index is -3.50. The molecule has 2 N–H and O–H groups in total. The van der Waals surface area contributed by atoms with Gasteiger partial charge in [-0.15, -0.1) is 0 Å². The Morgan fingerprint density at radius 3 is 2.42 bits per heavy atom. The second-order valence-corrected chi connectivity index (χ2v) is 7.34. The maximum Gasteiger partial charge on any atom is 0.248 e. The quantitative estimate of drug-likeness (QED) is 0.781. The van der Waals surface area contributed by atoms with Crippen molar-refractivity contribution in [2.75, 3.05) is 25.6 Å². The summed E-state index contributed by atoms with van der Waals surface area (Å²) in [6, 6.07) is 11.3. The van der Waals surface area contributed by atoms with E-state index in [2.05, 4.69) is 10.0 Å². The molecule has 7 nitrogen and oxygen atoms in total. The fraction of sp³-hybridized carbons (Fsp3) is 0.167. The lowest BCUT2D eigenvalue weighted by atomic mass is 10.2. The van der Waals surface area contributed by atoms with Crippen LogP contribution in [0.1, 0.15) is 5.56 Å². The molecule has 8 heteroatoms. The van der Waals surface area contributed by atoms with Gasteiger partial charge < -0.3 is 14.8 Å². The molecule has 0 unspecified atom stereocenters. The van der Waals surface area contributed by atoms with Crippen LogP contribution in [0.3, 0.4) is 0 Å². The molecule has 0 spiro atoms. The number of hydrogen-bond acceptors (Lipinski definition) is 5. The maximum absolute atomic E-state index is 12.0. The standard InChI is InChI=1S/C18H18N2O5S/c1-19-26(22,23)15-6-4-14(5-7-15)20-18(21)9-3-13-2-8-16-17(12-13)25-11-10-24-16/h2-9,12,19H,10-11H2,1H3,(H,20,21)/b9-3+. The number of carbonyl (C=O) groups excluding carboxylic acids is 1. The first kappa shape index (κ1) is 18.0. The van der Waals surface area contributed by atoms with Crippen molar-refractivity contribution in [3.63, 3.8) is 0 Å². The summed E-state index contributed by atoms with van der Waals surface area (Å²) in [6.07, 6.45) is 3.05. The number of fused-ring (bicyclic) bond motifs is 1. The van der Waals surface area contributed by atoms with Crippen molar-refractivity contribution in [3.8, 4) is 11.5 Å². The molecule has 0 aromatic heterocycles. The third-order valence-corrected chi connectivity index (χ3v) is 5.12. The van der Waals surface area contributed by atoms with Gasteiger partial charge in [0.2, 0.25) is 15.9 Å². The fourth-order valence-electron chi connectivity index (χ4n) is 2.35. The average Bonchev–Trinajstić information content (AvgIpc) is 2.66. The van der Waals surface area contributed by atoms with Gasteiger partial charge in [-0.3, -0.25) is 4.79 Å². The van der Waals surface area contributed by atoms with Crippen molar-refractivity contribution >= 4 is 27.7 Å². The molecule has 26 heavy (non-hydrogen) atoms. The van der Waals surface area contributed by atoms with Crippen LogP contribution in [0.4, 0.5) is 5.69 Å². The third kappa shape index (κ3) is 4.22. The van der Waals surface area contributed by atoms with Crippen molar-refractivity contribution in [1.82, 2.24) is 4.72 Å². The summed E-state index contributed by atoms with van der Waals surface area (Å²) in [7, 11) is -2.16. The van der Waals surface area contributed by atoms with Gasteiger partial charge in [-0.2, -0.15) is 0 Å². The van der Waals surface area contributed by atoms with Crippen LogP contribution in [-0.2, 0) is 14.8 Å². The fourth-order valence-corrected chi connectivity index (χ4v) is 3.08. The van der Waals surface area contributed by atoms with E-state index in [-0.39, 0.29) is 10.8 Å². The molecule has 3 rings (SSSR count). The molecule has 0 saturated heterocycles. The van der Waals surface area contributed by atoms with Crippen molar-refractivity contribution in [3.05, 3.63) is 54.1 Å². The first-order valence-electron chi connectivity index (χ1n) is 7.90. The van der Waals surface area contributed by atoms with Gasteiger partial charge in [0.1, 0.15) is 13.2 Å². The van der Waals surface area contributed by atoms with Crippen LogP contribution >= 0.6 is 0 Å². The number of anilines is 1. The highest BCUT2D eigenvalue weighted by atomic mass is 32.2. The Hall–Kier alpha value is -2.84. The third-order valence-electron chi connectivity index (χ3n) is 3.69. The summed E-state index contributed by atoms with van der Waals surface area (Å²) in [5.74, 6) is 1.01. The number of amides is 1. The largest absolute Gasteiger partial charge is 0.486 e. The zero-order valence-electron chi connectivity index (χ0n) is 14.1. The van der Waals surface area contributed by atoms with Crippen LogP contribution in [-0.4, -0.2) is 34.6 Å².